The standard InChI is InChI=1S/C22H27NO3S/c1-3-5-11-23(12-6-4-2)15-18-19(24)10-9-17-21(25)20(26-22(17)18)14-16-8-7-13-27-16/h7-10,13-14,24H,3-6,11-12,15H2,1-2H3/b20-14-. The molecule has 2 heterocycles. The number of thiophene rings is 1. The van der Waals surface area contributed by atoms with Gasteiger partial charge in [0.2, 0.25) is 5.78 Å². The maximum atomic E-state index is 12.7. The number of hydrogen-bond donors (Lipinski definition) is 1. The number of carbonyl (C=O) groups excluding carboxylic acids is 1. The molecule has 1 aliphatic rings. The Morgan fingerprint density at radius 2 is 1.89 bits per heavy atom. The Labute approximate surface area is 165 Å². The molecule has 0 amide bonds. The number of allylic oxidation sites excluding steroid dienone is 1. The average Bonchev–Trinajstić information content (AvgIpc) is 3.28. The number of unbranched alkanes of at least 4 members (excludes halogenated alkanes) is 2. The van der Waals surface area contributed by atoms with Gasteiger partial charge in [-0.1, -0.05) is 44.6 Å². The fraction of sp³-hybridized carbons (Fsp3) is 0.409. The Balaban J connectivity index is 1.87. The minimum absolute atomic E-state index is 0.0376. The summed E-state index contributed by atoms with van der Waals surface area (Å²) in [5.74, 6) is 0.608. The zero-order valence-corrected chi connectivity index (χ0v) is 16.9. The first-order valence-corrected chi connectivity index (χ1v) is 10.7. The predicted octanol–water partition coefficient (Wildman–Crippen LogP) is 3.42. The predicted molar refractivity (Wildman–Crippen MR) is 107 cm³/mol. The number of nitrogens with one attached hydrogen (secondary N) is 1. The van der Waals surface area contributed by atoms with Gasteiger partial charge in [0.1, 0.15) is 12.3 Å². The third-order valence-electron chi connectivity index (χ3n) is 4.91. The lowest BCUT2D eigenvalue weighted by Gasteiger charge is -2.23. The second-order valence-corrected chi connectivity index (χ2v) is 7.99. The number of ketones is 1. The van der Waals surface area contributed by atoms with Gasteiger partial charge in [0, 0.05) is 16.5 Å². The van der Waals surface area contributed by atoms with Crippen molar-refractivity contribution in [1.82, 2.24) is 0 Å². The molecule has 27 heavy (non-hydrogen) atoms. The molecule has 0 fully saturated rings. The number of fused-ring (bicyclic) bond motifs is 1. The van der Waals surface area contributed by atoms with Crippen LogP contribution >= 0.6 is 11.3 Å². The minimum atomic E-state index is -0.136. The number of rotatable bonds is 9. The molecule has 0 saturated carbocycles. The van der Waals surface area contributed by atoms with Gasteiger partial charge >= 0.3 is 0 Å². The van der Waals surface area contributed by atoms with Crippen LogP contribution < -0.4 is 14.7 Å². The normalized spacial score (nSPS) is 14.8. The van der Waals surface area contributed by atoms with Crippen LogP contribution in [0.5, 0.6) is 11.5 Å². The van der Waals surface area contributed by atoms with Gasteiger partial charge in [0.15, 0.2) is 5.76 Å². The third kappa shape index (κ3) is 4.60. The molecule has 0 aliphatic carbocycles. The van der Waals surface area contributed by atoms with E-state index >= 15 is 0 Å². The summed E-state index contributed by atoms with van der Waals surface area (Å²) in [6.45, 7) is 7.04. The van der Waals surface area contributed by atoms with E-state index in [1.807, 2.05) is 17.5 Å². The molecular weight excluding hydrogens is 358 g/mol. The number of quaternary nitrogens is 1. The second-order valence-electron chi connectivity index (χ2n) is 7.01. The zero-order valence-electron chi connectivity index (χ0n) is 16.0. The maximum Gasteiger partial charge on any atom is 0.232 e. The Bertz CT molecular complexity index is 803. The van der Waals surface area contributed by atoms with Crippen molar-refractivity contribution in [3.8, 4) is 11.5 Å². The number of Topliss-reactive ketones (excluding diaryl/α,β-unsaturated/α-hetero) is 1. The molecule has 1 aromatic heterocycles. The largest absolute Gasteiger partial charge is 0.872 e. The molecular formula is C22H27NO3S. The monoisotopic (exact) mass is 385 g/mol. The summed E-state index contributed by atoms with van der Waals surface area (Å²) in [5.41, 5.74) is 1.15. The topological polar surface area (TPSA) is 53.8 Å². The quantitative estimate of drug-likeness (QED) is 0.673. The molecule has 5 heteroatoms. The van der Waals surface area contributed by atoms with E-state index in [-0.39, 0.29) is 11.5 Å². The average molecular weight is 386 g/mol. The molecule has 144 valence electrons. The first-order chi connectivity index (χ1) is 13.1. The highest BCUT2D eigenvalue weighted by Crippen LogP contribution is 2.38. The number of benzene rings is 1. The molecule has 0 unspecified atom stereocenters. The Morgan fingerprint density at radius 1 is 1.15 bits per heavy atom. The van der Waals surface area contributed by atoms with E-state index in [1.165, 1.54) is 11.0 Å². The Kier molecular flexibility index (Phi) is 6.69. The lowest BCUT2D eigenvalue weighted by atomic mass is 10.0. The van der Waals surface area contributed by atoms with E-state index in [0.29, 0.717) is 29.2 Å². The maximum absolute atomic E-state index is 12.7. The molecule has 0 radical (unpaired) electrons. The fourth-order valence-corrected chi connectivity index (χ4v) is 4.01. The lowest BCUT2D eigenvalue weighted by Crippen LogP contribution is -3.10. The van der Waals surface area contributed by atoms with Crippen LogP contribution in [0.1, 0.15) is 60.3 Å². The van der Waals surface area contributed by atoms with Gasteiger partial charge in [-0.3, -0.25) is 4.79 Å². The minimum Gasteiger partial charge on any atom is -0.872 e. The molecule has 2 aromatic rings. The van der Waals surface area contributed by atoms with Gasteiger partial charge in [-0.05, 0) is 30.4 Å². The summed E-state index contributed by atoms with van der Waals surface area (Å²) in [6.07, 6.45) is 6.29. The number of ether oxygens (including phenoxy) is 1. The van der Waals surface area contributed by atoms with Crippen LogP contribution in [0.2, 0.25) is 0 Å². The molecule has 0 spiro atoms. The van der Waals surface area contributed by atoms with Crippen LogP contribution in [0.15, 0.2) is 35.4 Å². The van der Waals surface area contributed by atoms with E-state index in [2.05, 4.69) is 13.8 Å². The molecule has 3 rings (SSSR count). The number of carbonyl (C=O) groups is 1. The van der Waals surface area contributed by atoms with Gasteiger partial charge in [-0.2, -0.15) is 0 Å². The molecule has 0 bridgehead atoms. The van der Waals surface area contributed by atoms with Crippen molar-refractivity contribution in [2.45, 2.75) is 46.1 Å². The van der Waals surface area contributed by atoms with Crippen LogP contribution in [0.3, 0.4) is 0 Å². The van der Waals surface area contributed by atoms with Crippen LogP contribution in [0, 0.1) is 0 Å². The Hall–Kier alpha value is -2.11. The van der Waals surface area contributed by atoms with E-state index < -0.39 is 0 Å². The highest BCUT2D eigenvalue weighted by atomic mass is 32.1. The first-order valence-electron chi connectivity index (χ1n) is 9.78. The summed E-state index contributed by atoms with van der Waals surface area (Å²) in [6, 6.07) is 7.00. The summed E-state index contributed by atoms with van der Waals surface area (Å²) >= 11 is 1.55. The van der Waals surface area contributed by atoms with Crippen molar-refractivity contribution in [1.29, 1.82) is 0 Å². The van der Waals surface area contributed by atoms with Gasteiger partial charge < -0.3 is 14.7 Å². The van der Waals surface area contributed by atoms with Gasteiger partial charge in [0.25, 0.3) is 0 Å². The molecule has 1 aromatic carbocycles. The number of hydrogen-bond acceptors (Lipinski definition) is 4. The first kappa shape index (κ1) is 19.6. The smallest absolute Gasteiger partial charge is 0.232 e. The van der Waals surface area contributed by atoms with Crippen molar-refractivity contribution >= 4 is 23.2 Å². The van der Waals surface area contributed by atoms with E-state index in [0.717, 1.165) is 43.6 Å². The summed E-state index contributed by atoms with van der Waals surface area (Å²) in [4.78, 5) is 15.1. The van der Waals surface area contributed by atoms with Crippen molar-refractivity contribution in [2.24, 2.45) is 0 Å². The van der Waals surface area contributed by atoms with Crippen molar-refractivity contribution in [2.75, 3.05) is 13.1 Å². The van der Waals surface area contributed by atoms with Gasteiger partial charge in [0.05, 0.1) is 18.7 Å². The van der Waals surface area contributed by atoms with Crippen LogP contribution in [-0.2, 0) is 6.54 Å². The van der Waals surface area contributed by atoms with Crippen LogP contribution in [0.25, 0.3) is 6.08 Å². The van der Waals surface area contributed by atoms with E-state index in [1.54, 1.807) is 23.5 Å². The van der Waals surface area contributed by atoms with Gasteiger partial charge in [-0.15, -0.1) is 11.3 Å². The third-order valence-corrected chi connectivity index (χ3v) is 5.73. The zero-order chi connectivity index (χ0) is 19.2. The van der Waals surface area contributed by atoms with E-state index in [9.17, 15) is 9.90 Å². The van der Waals surface area contributed by atoms with Gasteiger partial charge in [-0.25, -0.2) is 0 Å². The van der Waals surface area contributed by atoms with E-state index in [4.69, 9.17) is 4.74 Å². The highest BCUT2D eigenvalue weighted by molar-refractivity contribution is 7.10. The van der Waals surface area contributed by atoms with Crippen molar-refractivity contribution < 1.29 is 19.5 Å². The molecule has 0 saturated heterocycles. The SMILES string of the molecule is CCCC[NH+](CCCC)Cc1c([O-])ccc2c1O/C(=C\c1cccs1)C2=O. The fourth-order valence-electron chi connectivity index (χ4n) is 3.36. The summed E-state index contributed by atoms with van der Waals surface area (Å²) in [5, 5.41) is 14.5. The van der Waals surface area contributed by atoms with Crippen molar-refractivity contribution in [3.05, 3.63) is 51.4 Å². The molecule has 0 atom stereocenters. The Morgan fingerprint density at radius 3 is 2.52 bits per heavy atom. The van der Waals surface area contributed by atoms with Crippen LogP contribution in [0.4, 0.5) is 0 Å². The second kappa shape index (κ2) is 9.20. The van der Waals surface area contributed by atoms with Crippen LogP contribution in [-0.4, -0.2) is 18.9 Å². The molecule has 1 aliphatic heterocycles. The highest BCUT2D eigenvalue weighted by Gasteiger charge is 2.31. The van der Waals surface area contributed by atoms with Crippen molar-refractivity contribution in [3.63, 3.8) is 0 Å². The summed E-state index contributed by atoms with van der Waals surface area (Å²) < 4.78 is 5.92. The molecule has 1 N–H and O–H groups in total. The summed E-state index contributed by atoms with van der Waals surface area (Å²) in [7, 11) is 0. The molecule has 4 nitrogen and oxygen atoms in total. The lowest BCUT2D eigenvalue weighted by molar-refractivity contribution is -0.914.